The van der Waals surface area contributed by atoms with Crippen LogP contribution in [0.3, 0.4) is 0 Å². The second-order valence-electron chi connectivity index (χ2n) is 8.52. The number of likely N-dealkylation sites (tertiary alicyclic amines) is 1. The second kappa shape index (κ2) is 8.68. The number of alkyl halides is 3. The van der Waals surface area contributed by atoms with E-state index in [4.69, 9.17) is 14.6 Å². The molecular formula is C18H29F3N2O5S. The molecule has 0 aromatic carbocycles. The van der Waals surface area contributed by atoms with Crippen molar-refractivity contribution in [2.45, 2.75) is 87.0 Å². The van der Waals surface area contributed by atoms with Crippen molar-refractivity contribution in [1.29, 1.82) is 0 Å². The maximum absolute atomic E-state index is 12.0. The summed E-state index contributed by atoms with van der Waals surface area (Å²) in [6.07, 6.45) is 5.10. The summed E-state index contributed by atoms with van der Waals surface area (Å²) < 4.78 is 64.9. The van der Waals surface area contributed by atoms with Gasteiger partial charge >= 0.3 is 12.1 Å². The van der Waals surface area contributed by atoms with Crippen LogP contribution in [-0.2, 0) is 19.6 Å². The zero-order valence-corrected chi connectivity index (χ0v) is 17.1. The summed E-state index contributed by atoms with van der Waals surface area (Å²) in [7, 11) is -3.08. The number of aliphatic carboxylic acids is 1. The van der Waals surface area contributed by atoms with Crippen molar-refractivity contribution in [3.63, 3.8) is 0 Å². The summed E-state index contributed by atoms with van der Waals surface area (Å²) in [4.78, 5) is 11.5. The van der Waals surface area contributed by atoms with Crippen molar-refractivity contribution in [3.8, 4) is 0 Å². The van der Waals surface area contributed by atoms with Crippen LogP contribution in [0.2, 0.25) is 0 Å². The number of nitrogens with one attached hydrogen (secondary N) is 1. The average molecular weight is 443 g/mol. The number of nitrogens with zero attached hydrogens (tertiary/aromatic N) is 1. The number of rotatable bonds is 5. The molecule has 0 aromatic rings. The first kappa shape index (κ1) is 22.8. The SMILES string of the molecule is O=C(O)C(F)(F)F.O=S(=O)(NC[C@H]1CCC[C@]2(CCN(C3CCC3)C2)O1)C1CC1. The fourth-order valence-electron chi connectivity index (χ4n) is 4.21. The number of hydrogen-bond acceptors (Lipinski definition) is 5. The van der Waals surface area contributed by atoms with E-state index in [1.54, 1.807) is 0 Å². The Bertz CT molecular complexity index is 694. The van der Waals surface area contributed by atoms with E-state index in [0.717, 1.165) is 57.7 Å². The Balaban J connectivity index is 0.000000298. The first-order valence-corrected chi connectivity index (χ1v) is 11.8. The molecule has 4 rings (SSSR count). The molecule has 4 fully saturated rings. The minimum Gasteiger partial charge on any atom is -0.475 e. The van der Waals surface area contributed by atoms with Crippen LogP contribution in [0.4, 0.5) is 13.2 Å². The van der Waals surface area contributed by atoms with Crippen molar-refractivity contribution in [1.82, 2.24) is 9.62 Å². The molecule has 0 bridgehead atoms. The summed E-state index contributed by atoms with van der Waals surface area (Å²) in [5.41, 5.74) is 0.00350. The zero-order chi connectivity index (χ0) is 21.3. The van der Waals surface area contributed by atoms with Crippen molar-refractivity contribution in [3.05, 3.63) is 0 Å². The fourth-order valence-corrected chi connectivity index (χ4v) is 5.62. The predicted octanol–water partition coefficient (Wildman–Crippen LogP) is 2.27. The molecule has 2 atom stereocenters. The van der Waals surface area contributed by atoms with E-state index in [0.29, 0.717) is 6.54 Å². The van der Waals surface area contributed by atoms with Crippen LogP contribution < -0.4 is 4.72 Å². The molecule has 29 heavy (non-hydrogen) atoms. The van der Waals surface area contributed by atoms with Gasteiger partial charge in [-0.1, -0.05) is 6.42 Å². The number of ether oxygens (including phenoxy) is 1. The monoisotopic (exact) mass is 442 g/mol. The van der Waals surface area contributed by atoms with Crippen LogP contribution >= 0.6 is 0 Å². The van der Waals surface area contributed by atoms with Crippen molar-refractivity contribution < 1.29 is 36.2 Å². The Labute approximate surface area is 169 Å². The molecule has 0 radical (unpaired) electrons. The molecule has 11 heteroatoms. The highest BCUT2D eigenvalue weighted by molar-refractivity contribution is 7.90. The van der Waals surface area contributed by atoms with E-state index in [1.165, 1.54) is 19.3 Å². The minimum atomic E-state index is -5.08. The Kier molecular flexibility index (Phi) is 6.82. The van der Waals surface area contributed by atoms with E-state index < -0.39 is 22.2 Å². The summed E-state index contributed by atoms with van der Waals surface area (Å²) in [6.45, 7) is 2.68. The molecule has 1 spiro atoms. The second-order valence-corrected chi connectivity index (χ2v) is 10.6. The highest BCUT2D eigenvalue weighted by atomic mass is 32.2. The van der Waals surface area contributed by atoms with Gasteiger partial charge in [0.15, 0.2) is 0 Å². The van der Waals surface area contributed by atoms with Crippen molar-refractivity contribution >= 4 is 16.0 Å². The summed E-state index contributed by atoms with van der Waals surface area (Å²) >= 11 is 0. The van der Waals surface area contributed by atoms with Gasteiger partial charge in [-0.05, 0) is 51.4 Å². The van der Waals surface area contributed by atoms with Crippen molar-refractivity contribution in [2.24, 2.45) is 0 Å². The Hall–Kier alpha value is -0.910. The van der Waals surface area contributed by atoms with E-state index in [1.807, 2.05) is 0 Å². The molecular weight excluding hydrogens is 413 g/mol. The first-order valence-electron chi connectivity index (χ1n) is 10.2. The summed E-state index contributed by atoms with van der Waals surface area (Å²) in [6, 6.07) is 0.789. The van der Waals surface area contributed by atoms with E-state index in [2.05, 4.69) is 9.62 Å². The number of hydrogen-bond donors (Lipinski definition) is 2. The molecule has 0 unspecified atom stereocenters. The van der Waals surface area contributed by atoms with E-state index >= 15 is 0 Å². The third-order valence-electron chi connectivity index (χ3n) is 6.23. The highest BCUT2D eigenvalue weighted by Crippen LogP contribution is 2.40. The molecule has 2 N–H and O–H groups in total. The Morgan fingerprint density at radius 1 is 1.14 bits per heavy atom. The van der Waals surface area contributed by atoms with Crippen LogP contribution in [-0.4, -0.2) is 73.2 Å². The number of carbonyl (C=O) groups is 1. The van der Waals surface area contributed by atoms with Gasteiger partial charge < -0.3 is 9.84 Å². The molecule has 2 aliphatic carbocycles. The van der Waals surface area contributed by atoms with Gasteiger partial charge in [-0.3, -0.25) is 4.90 Å². The predicted molar refractivity (Wildman–Crippen MR) is 98.9 cm³/mol. The smallest absolute Gasteiger partial charge is 0.475 e. The van der Waals surface area contributed by atoms with Crippen molar-refractivity contribution in [2.75, 3.05) is 19.6 Å². The van der Waals surface area contributed by atoms with Gasteiger partial charge in [-0.15, -0.1) is 0 Å². The maximum atomic E-state index is 12.0. The van der Waals surface area contributed by atoms with Crippen LogP contribution in [0.25, 0.3) is 0 Å². The fraction of sp³-hybridized carbons (Fsp3) is 0.944. The highest BCUT2D eigenvalue weighted by Gasteiger charge is 2.45. The van der Waals surface area contributed by atoms with Gasteiger partial charge in [0.05, 0.1) is 17.0 Å². The number of halogens is 3. The Morgan fingerprint density at radius 2 is 1.79 bits per heavy atom. The minimum absolute atomic E-state index is 0.00350. The molecule has 2 heterocycles. The van der Waals surface area contributed by atoms with Gasteiger partial charge in [0.25, 0.3) is 0 Å². The zero-order valence-electron chi connectivity index (χ0n) is 16.3. The van der Waals surface area contributed by atoms with Crippen LogP contribution in [0.15, 0.2) is 0 Å². The van der Waals surface area contributed by atoms with Gasteiger partial charge in [0, 0.05) is 25.7 Å². The van der Waals surface area contributed by atoms with Crippen LogP contribution in [0, 0.1) is 0 Å². The maximum Gasteiger partial charge on any atom is 0.490 e. The lowest BCUT2D eigenvalue weighted by Crippen LogP contribution is -2.48. The standard InChI is InChI=1S/C16H28N2O3S.C2HF3O2/c19-22(20,15-6-7-15)17-11-14-5-2-8-16(21-14)9-10-18(12-16)13-3-1-4-13;3-2(4,5)1(6)7/h13-15,17H,1-12H2;(H,6,7)/t14-,16-;/m1./s1. The van der Waals surface area contributed by atoms with Crippen LogP contribution in [0.1, 0.15) is 57.8 Å². The normalized spacial score (nSPS) is 31.2. The van der Waals surface area contributed by atoms with E-state index in [-0.39, 0.29) is 17.0 Å². The third kappa shape index (κ3) is 6.05. The number of sulfonamides is 1. The lowest BCUT2D eigenvalue weighted by molar-refractivity contribution is -0.192. The molecule has 0 amide bonds. The Morgan fingerprint density at radius 3 is 2.31 bits per heavy atom. The third-order valence-corrected chi connectivity index (χ3v) is 8.15. The van der Waals surface area contributed by atoms with Crippen LogP contribution in [0.5, 0.6) is 0 Å². The number of carboxylic acids is 1. The summed E-state index contributed by atoms with van der Waals surface area (Å²) in [5.74, 6) is -2.76. The lowest BCUT2D eigenvalue weighted by atomic mass is 9.89. The topological polar surface area (TPSA) is 95.9 Å². The molecule has 7 nitrogen and oxygen atoms in total. The molecule has 4 aliphatic rings. The molecule has 168 valence electrons. The number of carboxylic acid groups (broad SMARTS) is 1. The van der Waals surface area contributed by atoms with Gasteiger partial charge in [0.1, 0.15) is 0 Å². The average Bonchev–Trinajstić information content (AvgIpc) is 3.37. The van der Waals surface area contributed by atoms with Gasteiger partial charge in [-0.25, -0.2) is 17.9 Å². The molecule has 2 saturated carbocycles. The summed E-state index contributed by atoms with van der Waals surface area (Å²) in [5, 5.41) is 6.99. The molecule has 2 saturated heterocycles. The first-order chi connectivity index (χ1) is 13.5. The largest absolute Gasteiger partial charge is 0.490 e. The quantitative estimate of drug-likeness (QED) is 0.678. The van der Waals surface area contributed by atoms with Gasteiger partial charge in [0.2, 0.25) is 10.0 Å². The molecule has 0 aromatic heterocycles. The molecule has 2 aliphatic heterocycles. The van der Waals surface area contributed by atoms with Gasteiger partial charge in [-0.2, -0.15) is 13.2 Å². The lowest BCUT2D eigenvalue weighted by Gasteiger charge is -2.41. The van der Waals surface area contributed by atoms with E-state index in [9.17, 15) is 21.6 Å².